The Morgan fingerprint density at radius 2 is 1.85 bits per heavy atom. The molecular formula is C18H20FN. The molecule has 1 atom stereocenters. The topological polar surface area (TPSA) is 12.0 Å². The Balaban J connectivity index is 1.80. The van der Waals surface area contributed by atoms with Gasteiger partial charge in [0, 0.05) is 6.04 Å². The fourth-order valence-corrected chi connectivity index (χ4v) is 2.91. The summed E-state index contributed by atoms with van der Waals surface area (Å²) >= 11 is 0. The van der Waals surface area contributed by atoms with Crippen LogP contribution in [-0.4, -0.2) is 0 Å². The van der Waals surface area contributed by atoms with Crippen LogP contribution in [-0.2, 0) is 12.8 Å². The van der Waals surface area contributed by atoms with Crippen molar-refractivity contribution >= 4 is 5.69 Å². The van der Waals surface area contributed by atoms with Gasteiger partial charge in [-0.05, 0) is 67.5 Å². The van der Waals surface area contributed by atoms with Crippen molar-refractivity contribution in [3.63, 3.8) is 0 Å². The maximum atomic E-state index is 13.9. The lowest BCUT2D eigenvalue weighted by Crippen LogP contribution is -2.08. The molecule has 0 fully saturated rings. The van der Waals surface area contributed by atoms with E-state index in [4.69, 9.17) is 0 Å². The summed E-state index contributed by atoms with van der Waals surface area (Å²) in [6.45, 7) is 3.98. The van der Waals surface area contributed by atoms with Crippen LogP contribution >= 0.6 is 0 Å². The first kappa shape index (κ1) is 13.2. The number of benzene rings is 2. The van der Waals surface area contributed by atoms with E-state index in [-0.39, 0.29) is 11.9 Å². The lowest BCUT2D eigenvalue weighted by Gasteiger charge is -2.17. The predicted molar refractivity (Wildman–Crippen MR) is 81.6 cm³/mol. The number of anilines is 1. The van der Waals surface area contributed by atoms with E-state index in [1.165, 1.54) is 36.0 Å². The van der Waals surface area contributed by atoms with Crippen molar-refractivity contribution in [3.05, 3.63) is 64.5 Å². The van der Waals surface area contributed by atoms with Crippen LogP contribution < -0.4 is 5.32 Å². The molecule has 0 heterocycles. The molecule has 1 unspecified atom stereocenters. The minimum absolute atomic E-state index is 0.109. The van der Waals surface area contributed by atoms with Crippen LogP contribution in [0.3, 0.4) is 0 Å². The molecule has 0 amide bonds. The zero-order chi connectivity index (χ0) is 14.1. The highest BCUT2D eigenvalue weighted by Crippen LogP contribution is 2.27. The third-order valence-corrected chi connectivity index (χ3v) is 4.12. The molecule has 1 nitrogen and oxygen atoms in total. The minimum Gasteiger partial charge on any atom is -0.376 e. The quantitative estimate of drug-likeness (QED) is 0.844. The van der Waals surface area contributed by atoms with E-state index in [9.17, 15) is 4.39 Å². The summed E-state index contributed by atoms with van der Waals surface area (Å²) in [6.07, 6.45) is 3.63. The molecule has 1 aliphatic rings. The minimum atomic E-state index is -0.182. The highest BCUT2D eigenvalue weighted by atomic mass is 19.1. The number of hydrogen-bond acceptors (Lipinski definition) is 1. The molecule has 104 valence electrons. The highest BCUT2D eigenvalue weighted by Gasteiger charge is 2.14. The van der Waals surface area contributed by atoms with Crippen LogP contribution in [0.25, 0.3) is 0 Å². The van der Waals surface area contributed by atoms with Crippen molar-refractivity contribution in [2.75, 3.05) is 5.32 Å². The number of aryl methyl sites for hydroxylation is 3. The molecule has 0 spiro atoms. The second-order valence-corrected chi connectivity index (χ2v) is 5.73. The average Bonchev–Trinajstić information content (AvgIpc) is 2.89. The first-order chi connectivity index (χ1) is 9.63. The van der Waals surface area contributed by atoms with Crippen LogP contribution in [0.5, 0.6) is 0 Å². The van der Waals surface area contributed by atoms with Crippen LogP contribution in [0.15, 0.2) is 36.4 Å². The Bertz CT molecular complexity index is 633. The predicted octanol–water partition coefficient (Wildman–Crippen LogP) is 4.80. The molecule has 0 aromatic heterocycles. The van der Waals surface area contributed by atoms with Crippen molar-refractivity contribution < 1.29 is 4.39 Å². The summed E-state index contributed by atoms with van der Waals surface area (Å²) in [6, 6.07) is 12.1. The summed E-state index contributed by atoms with van der Waals surface area (Å²) in [5.74, 6) is -0.182. The number of halogens is 1. The van der Waals surface area contributed by atoms with Gasteiger partial charge in [-0.1, -0.05) is 24.3 Å². The van der Waals surface area contributed by atoms with E-state index < -0.39 is 0 Å². The Hall–Kier alpha value is -1.83. The summed E-state index contributed by atoms with van der Waals surface area (Å²) in [4.78, 5) is 0. The van der Waals surface area contributed by atoms with Gasteiger partial charge in [-0.25, -0.2) is 4.39 Å². The van der Waals surface area contributed by atoms with Gasteiger partial charge in [0.05, 0.1) is 5.69 Å². The standard InChI is InChI=1S/C18H20FN/c1-12-6-9-18(17(19)10-12)20-13(2)15-8-7-14-4-3-5-16(14)11-15/h6-11,13,20H,3-5H2,1-2H3. The van der Waals surface area contributed by atoms with E-state index in [2.05, 4.69) is 30.4 Å². The van der Waals surface area contributed by atoms with Gasteiger partial charge in [-0.3, -0.25) is 0 Å². The number of rotatable bonds is 3. The molecule has 1 N–H and O–H groups in total. The third-order valence-electron chi connectivity index (χ3n) is 4.12. The van der Waals surface area contributed by atoms with Crippen molar-refractivity contribution in [1.82, 2.24) is 0 Å². The number of fused-ring (bicyclic) bond motifs is 1. The Kier molecular flexibility index (Phi) is 3.47. The van der Waals surface area contributed by atoms with Crippen LogP contribution in [0.1, 0.15) is 41.6 Å². The van der Waals surface area contributed by atoms with Gasteiger partial charge in [0.1, 0.15) is 5.82 Å². The van der Waals surface area contributed by atoms with Gasteiger partial charge in [0.25, 0.3) is 0 Å². The van der Waals surface area contributed by atoms with E-state index in [1.54, 1.807) is 6.07 Å². The maximum absolute atomic E-state index is 13.9. The molecule has 0 saturated carbocycles. The Morgan fingerprint density at radius 1 is 1.05 bits per heavy atom. The summed E-state index contributed by atoms with van der Waals surface area (Å²) < 4.78 is 13.9. The van der Waals surface area contributed by atoms with Gasteiger partial charge in [0.15, 0.2) is 0 Å². The highest BCUT2D eigenvalue weighted by molar-refractivity contribution is 5.48. The van der Waals surface area contributed by atoms with Crippen LogP contribution in [0, 0.1) is 12.7 Å². The largest absolute Gasteiger partial charge is 0.376 e. The molecule has 0 radical (unpaired) electrons. The Labute approximate surface area is 119 Å². The van der Waals surface area contributed by atoms with Gasteiger partial charge in [-0.15, -0.1) is 0 Å². The molecule has 2 heteroatoms. The second kappa shape index (κ2) is 5.28. The molecule has 2 aromatic rings. The smallest absolute Gasteiger partial charge is 0.146 e. The van der Waals surface area contributed by atoms with Crippen molar-refractivity contribution in [3.8, 4) is 0 Å². The molecular weight excluding hydrogens is 249 g/mol. The van der Waals surface area contributed by atoms with Gasteiger partial charge in [0.2, 0.25) is 0 Å². The zero-order valence-electron chi connectivity index (χ0n) is 12.0. The molecule has 0 bridgehead atoms. The van der Waals surface area contributed by atoms with Crippen molar-refractivity contribution in [1.29, 1.82) is 0 Å². The van der Waals surface area contributed by atoms with E-state index in [0.717, 1.165) is 5.56 Å². The zero-order valence-corrected chi connectivity index (χ0v) is 12.0. The maximum Gasteiger partial charge on any atom is 0.146 e. The molecule has 2 aromatic carbocycles. The lowest BCUT2D eigenvalue weighted by molar-refractivity contribution is 0.626. The van der Waals surface area contributed by atoms with Crippen molar-refractivity contribution in [2.45, 2.75) is 39.2 Å². The SMILES string of the molecule is Cc1ccc(NC(C)c2ccc3c(c2)CCC3)c(F)c1. The molecule has 0 saturated heterocycles. The first-order valence-corrected chi connectivity index (χ1v) is 7.28. The molecule has 20 heavy (non-hydrogen) atoms. The Morgan fingerprint density at radius 3 is 2.65 bits per heavy atom. The fraction of sp³-hybridized carbons (Fsp3) is 0.333. The van der Waals surface area contributed by atoms with E-state index in [1.807, 2.05) is 19.1 Å². The summed E-state index contributed by atoms with van der Waals surface area (Å²) in [7, 11) is 0. The molecule has 3 rings (SSSR count). The van der Waals surface area contributed by atoms with E-state index in [0.29, 0.717) is 5.69 Å². The second-order valence-electron chi connectivity index (χ2n) is 5.73. The molecule has 0 aliphatic heterocycles. The van der Waals surface area contributed by atoms with Crippen LogP contribution in [0.2, 0.25) is 0 Å². The van der Waals surface area contributed by atoms with Crippen molar-refractivity contribution in [2.24, 2.45) is 0 Å². The van der Waals surface area contributed by atoms with Crippen LogP contribution in [0.4, 0.5) is 10.1 Å². The fourth-order valence-electron chi connectivity index (χ4n) is 2.91. The first-order valence-electron chi connectivity index (χ1n) is 7.28. The number of hydrogen-bond donors (Lipinski definition) is 1. The summed E-state index contributed by atoms with van der Waals surface area (Å²) in [5, 5.41) is 3.27. The lowest BCUT2D eigenvalue weighted by atomic mass is 10.0. The van der Waals surface area contributed by atoms with Gasteiger partial charge < -0.3 is 5.32 Å². The molecule has 1 aliphatic carbocycles. The van der Waals surface area contributed by atoms with Gasteiger partial charge >= 0.3 is 0 Å². The monoisotopic (exact) mass is 269 g/mol. The van der Waals surface area contributed by atoms with Gasteiger partial charge in [-0.2, -0.15) is 0 Å². The number of nitrogens with one attached hydrogen (secondary N) is 1. The third kappa shape index (κ3) is 2.55. The van der Waals surface area contributed by atoms with E-state index >= 15 is 0 Å². The normalized spacial score (nSPS) is 14.9. The average molecular weight is 269 g/mol. The summed E-state index contributed by atoms with van der Waals surface area (Å²) in [5.41, 5.74) is 5.68.